The predicted octanol–water partition coefficient (Wildman–Crippen LogP) is 2.27. The van der Waals surface area contributed by atoms with E-state index in [2.05, 4.69) is 13.0 Å². The van der Waals surface area contributed by atoms with Crippen LogP contribution in [0.4, 0.5) is 0 Å². The summed E-state index contributed by atoms with van der Waals surface area (Å²) in [7, 11) is 0. The molecule has 0 heterocycles. The Morgan fingerprint density at radius 2 is 2.23 bits per heavy atom. The van der Waals surface area contributed by atoms with Gasteiger partial charge in [0.15, 0.2) is 0 Å². The fourth-order valence-corrected chi connectivity index (χ4v) is 1.77. The lowest BCUT2D eigenvalue weighted by atomic mass is 9.90. The molecule has 13 heavy (non-hydrogen) atoms. The molecule has 1 N–H and O–H groups in total. The van der Waals surface area contributed by atoms with E-state index < -0.39 is 0 Å². The lowest BCUT2D eigenvalue weighted by molar-refractivity contribution is -0.0739. The standard InChI is InChI=1S/C11H20O2/c1-4-9-5-6-10(12)11(7-9)13-8(2)3/h4,8,10-12H,5-7H2,1-3H3. The van der Waals surface area contributed by atoms with Crippen LogP contribution in [0.2, 0.25) is 0 Å². The van der Waals surface area contributed by atoms with E-state index in [1.165, 1.54) is 5.57 Å². The van der Waals surface area contributed by atoms with Crippen LogP contribution in [-0.2, 0) is 4.74 Å². The summed E-state index contributed by atoms with van der Waals surface area (Å²) >= 11 is 0. The fourth-order valence-electron chi connectivity index (χ4n) is 1.77. The number of allylic oxidation sites excluding steroid dienone is 1. The van der Waals surface area contributed by atoms with E-state index in [0.717, 1.165) is 19.3 Å². The van der Waals surface area contributed by atoms with Gasteiger partial charge in [0.25, 0.3) is 0 Å². The highest BCUT2D eigenvalue weighted by molar-refractivity contribution is 5.07. The number of aliphatic hydroxyl groups is 1. The molecule has 0 saturated heterocycles. The van der Waals surface area contributed by atoms with E-state index in [0.29, 0.717) is 0 Å². The molecule has 1 aliphatic carbocycles. The van der Waals surface area contributed by atoms with Gasteiger partial charge in [-0.2, -0.15) is 0 Å². The average molecular weight is 184 g/mol. The van der Waals surface area contributed by atoms with Gasteiger partial charge in [-0.15, -0.1) is 0 Å². The predicted molar refractivity (Wildman–Crippen MR) is 53.6 cm³/mol. The van der Waals surface area contributed by atoms with Crippen molar-refractivity contribution in [2.45, 2.75) is 58.3 Å². The lowest BCUT2D eigenvalue weighted by Crippen LogP contribution is -2.35. The molecule has 1 rings (SSSR count). The Kier molecular flexibility index (Phi) is 3.94. The first-order chi connectivity index (χ1) is 6.13. The van der Waals surface area contributed by atoms with Crippen molar-refractivity contribution in [2.75, 3.05) is 0 Å². The third-order valence-electron chi connectivity index (χ3n) is 2.51. The third-order valence-corrected chi connectivity index (χ3v) is 2.51. The van der Waals surface area contributed by atoms with Crippen molar-refractivity contribution in [1.82, 2.24) is 0 Å². The molecule has 1 aliphatic rings. The molecule has 0 spiro atoms. The largest absolute Gasteiger partial charge is 0.390 e. The van der Waals surface area contributed by atoms with E-state index in [4.69, 9.17) is 4.74 Å². The van der Waals surface area contributed by atoms with Crippen LogP contribution in [0.15, 0.2) is 11.6 Å². The first-order valence-corrected chi connectivity index (χ1v) is 5.11. The van der Waals surface area contributed by atoms with Crippen LogP contribution >= 0.6 is 0 Å². The maximum absolute atomic E-state index is 9.68. The first kappa shape index (κ1) is 10.7. The molecule has 0 amide bonds. The zero-order valence-corrected chi connectivity index (χ0v) is 8.79. The van der Waals surface area contributed by atoms with Crippen molar-refractivity contribution in [2.24, 2.45) is 0 Å². The van der Waals surface area contributed by atoms with Gasteiger partial charge in [0.1, 0.15) is 0 Å². The van der Waals surface area contributed by atoms with Gasteiger partial charge in [0, 0.05) is 0 Å². The summed E-state index contributed by atoms with van der Waals surface area (Å²) in [5.74, 6) is 0. The normalized spacial score (nSPS) is 32.8. The fraction of sp³-hybridized carbons (Fsp3) is 0.818. The van der Waals surface area contributed by atoms with Crippen LogP contribution in [0, 0.1) is 0 Å². The molecule has 0 radical (unpaired) electrons. The van der Waals surface area contributed by atoms with Crippen molar-refractivity contribution in [3.8, 4) is 0 Å². The SMILES string of the molecule is CC=C1CCC(O)C(OC(C)C)C1. The van der Waals surface area contributed by atoms with Crippen LogP contribution in [0.3, 0.4) is 0 Å². The molecule has 0 aromatic carbocycles. The van der Waals surface area contributed by atoms with Crippen molar-refractivity contribution in [3.63, 3.8) is 0 Å². The van der Waals surface area contributed by atoms with Crippen molar-refractivity contribution >= 4 is 0 Å². The first-order valence-electron chi connectivity index (χ1n) is 5.11. The monoisotopic (exact) mass is 184 g/mol. The highest BCUT2D eigenvalue weighted by Crippen LogP contribution is 2.26. The Hall–Kier alpha value is -0.340. The Labute approximate surface area is 80.6 Å². The van der Waals surface area contributed by atoms with Gasteiger partial charge in [-0.25, -0.2) is 0 Å². The van der Waals surface area contributed by atoms with Crippen molar-refractivity contribution in [3.05, 3.63) is 11.6 Å². The van der Waals surface area contributed by atoms with Crippen molar-refractivity contribution < 1.29 is 9.84 Å². The second kappa shape index (κ2) is 4.77. The molecule has 2 nitrogen and oxygen atoms in total. The van der Waals surface area contributed by atoms with Gasteiger partial charge in [-0.05, 0) is 40.0 Å². The smallest absolute Gasteiger partial charge is 0.0874 e. The minimum absolute atomic E-state index is 0.0138. The Morgan fingerprint density at radius 1 is 1.54 bits per heavy atom. The quantitative estimate of drug-likeness (QED) is 0.667. The van der Waals surface area contributed by atoms with E-state index in [-0.39, 0.29) is 18.3 Å². The van der Waals surface area contributed by atoms with Crippen LogP contribution in [0.5, 0.6) is 0 Å². The van der Waals surface area contributed by atoms with Crippen LogP contribution in [-0.4, -0.2) is 23.4 Å². The van der Waals surface area contributed by atoms with E-state index in [9.17, 15) is 5.11 Å². The lowest BCUT2D eigenvalue weighted by Gasteiger charge is -2.30. The number of rotatable bonds is 2. The van der Waals surface area contributed by atoms with Gasteiger partial charge in [0.05, 0.1) is 18.3 Å². The molecular weight excluding hydrogens is 164 g/mol. The van der Waals surface area contributed by atoms with E-state index in [1.807, 2.05) is 13.8 Å². The van der Waals surface area contributed by atoms with Gasteiger partial charge >= 0.3 is 0 Å². The second-order valence-electron chi connectivity index (χ2n) is 3.98. The molecule has 2 unspecified atom stereocenters. The molecule has 0 aromatic heterocycles. The molecular formula is C11H20O2. The van der Waals surface area contributed by atoms with Crippen LogP contribution in [0.25, 0.3) is 0 Å². The number of hydrogen-bond donors (Lipinski definition) is 1. The molecule has 0 aromatic rings. The number of ether oxygens (including phenoxy) is 1. The van der Waals surface area contributed by atoms with Gasteiger partial charge in [0.2, 0.25) is 0 Å². The topological polar surface area (TPSA) is 29.5 Å². The highest BCUT2D eigenvalue weighted by atomic mass is 16.5. The zero-order valence-electron chi connectivity index (χ0n) is 8.79. The summed E-state index contributed by atoms with van der Waals surface area (Å²) in [4.78, 5) is 0. The third kappa shape index (κ3) is 3.12. The minimum atomic E-state index is -0.272. The maximum atomic E-state index is 9.68. The van der Waals surface area contributed by atoms with Crippen molar-refractivity contribution in [1.29, 1.82) is 0 Å². The minimum Gasteiger partial charge on any atom is -0.390 e. The summed E-state index contributed by atoms with van der Waals surface area (Å²) in [6.45, 7) is 6.08. The molecule has 2 atom stereocenters. The summed E-state index contributed by atoms with van der Waals surface area (Å²) in [5.41, 5.74) is 1.41. The second-order valence-corrected chi connectivity index (χ2v) is 3.98. The number of hydrogen-bond acceptors (Lipinski definition) is 2. The Balaban J connectivity index is 2.50. The van der Waals surface area contributed by atoms with Crippen LogP contribution < -0.4 is 0 Å². The van der Waals surface area contributed by atoms with E-state index in [1.54, 1.807) is 0 Å². The number of aliphatic hydroxyl groups excluding tert-OH is 1. The maximum Gasteiger partial charge on any atom is 0.0874 e. The van der Waals surface area contributed by atoms with Crippen LogP contribution in [0.1, 0.15) is 40.0 Å². The molecule has 1 fully saturated rings. The van der Waals surface area contributed by atoms with Gasteiger partial charge in [-0.1, -0.05) is 11.6 Å². The van der Waals surface area contributed by atoms with Gasteiger partial charge in [-0.3, -0.25) is 0 Å². The molecule has 1 saturated carbocycles. The molecule has 76 valence electrons. The Morgan fingerprint density at radius 3 is 2.77 bits per heavy atom. The summed E-state index contributed by atoms with van der Waals surface area (Å²) < 4.78 is 5.64. The van der Waals surface area contributed by atoms with E-state index >= 15 is 0 Å². The summed E-state index contributed by atoms with van der Waals surface area (Å²) in [6, 6.07) is 0. The molecule has 0 aliphatic heterocycles. The highest BCUT2D eigenvalue weighted by Gasteiger charge is 2.26. The summed E-state index contributed by atoms with van der Waals surface area (Å²) in [6.07, 6.45) is 4.85. The average Bonchev–Trinajstić information content (AvgIpc) is 2.08. The van der Waals surface area contributed by atoms with Gasteiger partial charge < -0.3 is 9.84 Å². The summed E-state index contributed by atoms with van der Waals surface area (Å²) in [5, 5.41) is 9.68. The Bertz CT molecular complexity index is 185. The zero-order chi connectivity index (χ0) is 9.84. The molecule has 0 bridgehead atoms. The molecule has 2 heteroatoms.